The number of ether oxygens (including phenoxy) is 2. The second-order valence-electron chi connectivity index (χ2n) is 6.75. The van der Waals surface area contributed by atoms with E-state index in [0.29, 0.717) is 28.4 Å². The highest BCUT2D eigenvalue weighted by Gasteiger charge is 2.32. The Hall–Kier alpha value is -3.42. The number of hydrogen-bond donors (Lipinski definition) is 2. The fraction of sp³-hybridized carbons (Fsp3) is 0.200. The molecule has 0 saturated heterocycles. The molecule has 0 atom stereocenters. The van der Waals surface area contributed by atoms with Crippen molar-refractivity contribution >= 4 is 11.6 Å². The summed E-state index contributed by atoms with van der Waals surface area (Å²) in [7, 11) is 0. The van der Waals surface area contributed by atoms with Gasteiger partial charge < -0.3 is 14.8 Å². The number of carbonyl (C=O) groups excluding carboxylic acids is 1. The summed E-state index contributed by atoms with van der Waals surface area (Å²) in [4.78, 5) is 12.6. The van der Waals surface area contributed by atoms with E-state index in [4.69, 9.17) is 9.47 Å². The number of carbonyl (C=O) groups is 1. The van der Waals surface area contributed by atoms with Gasteiger partial charge in [-0.1, -0.05) is 6.07 Å². The lowest BCUT2D eigenvalue weighted by atomic mass is 10.1. The first-order chi connectivity index (χ1) is 13.6. The predicted octanol–water partition coefficient (Wildman–Crippen LogP) is 4.21. The first-order valence-electron chi connectivity index (χ1n) is 8.85. The third-order valence-corrected chi connectivity index (χ3v) is 4.85. The fourth-order valence-electron chi connectivity index (χ4n) is 3.29. The minimum Gasteiger partial charge on any atom is -0.454 e. The molecule has 0 bridgehead atoms. The number of amides is 1. The van der Waals surface area contributed by atoms with Gasteiger partial charge in [-0.2, -0.15) is 5.10 Å². The minimum absolute atomic E-state index is 0.142. The maximum Gasteiger partial charge on any atom is 0.261 e. The predicted molar refractivity (Wildman–Crippen MR) is 96.4 cm³/mol. The smallest absolute Gasteiger partial charge is 0.261 e. The zero-order chi connectivity index (χ0) is 19.3. The Bertz CT molecular complexity index is 1070. The molecule has 1 saturated carbocycles. The van der Waals surface area contributed by atoms with Crippen LogP contribution in [0.1, 0.15) is 34.8 Å². The van der Waals surface area contributed by atoms with Gasteiger partial charge in [-0.15, -0.1) is 0 Å². The van der Waals surface area contributed by atoms with Gasteiger partial charge >= 0.3 is 0 Å². The number of benzene rings is 2. The zero-order valence-electron chi connectivity index (χ0n) is 14.6. The van der Waals surface area contributed by atoms with Gasteiger partial charge in [-0.05, 0) is 43.2 Å². The largest absolute Gasteiger partial charge is 0.454 e. The Morgan fingerprint density at radius 3 is 2.61 bits per heavy atom. The van der Waals surface area contributed by atoms with Crippen molar-refractivity contribution in [2.75, 3.05) is 12.1 Å². The summed E-state index contributed by atoms with van der Waals surface area (Å²) in [6, 6.07) is 8.62. The average molecular weight is 383 g/mol. The third-order valence-electron chi connectivity index (χ3n) is 4.85. The number of aromatic amines is 1. The first-order valence-corrected chi connectivity index (χ1v) is 8.85. The molecule has 142 valence electrons. The second kappa shape index (κ2) is 6.33. The van der Waals surface area contributed by atoms with Crippen molar-refractivity contribution in [3.63, 3.8) is 0 Å². The Morgan fingerprint density at radius 1 is 1.11 bits per heavy atom. The summed E-state index contributed by atoms with van der Waals surface area (Å²) < 4.78 is 38.8. The normalized spacial score (nSPS) is 14.9. The van der Waals surface area contributed by atoms with Gasteiger partial charge in [0.2, 0.25) is 6.79 Å². The molecule has 1 fully saturated rings. The van der Waals surface area contributed by atoms with Gasteiger partial charge in [0.05, 0.1) is 11.4 Å². The summed E-state index contributed by atoms with van der Waals surface area (Å²) in [6.07, 6.45) is 1.92. The number of anilines is 1. The molecule has 0 unspecified atom stereocenters. The molecule has 1 amide bonds. The van der Waals surface area contributed by atoms with Gasteiger partial charge in [-0.25, -0.2) is 8.78 Å². The summed E-state index contributed by atoms with van der Waals surface area (Å²) >= 11 is 0. The lowest BCUT2D eigenvalue weighted by Crippen LogP contribution is -2.17. The molecule has 5 rings (SSSR count). The van der Waals surface area contributed by atoms with E-state index < -0.39 is 23.1 Å². The van der Waals surface area contributed by atoms with Crippen LogP contribution in [-0.4, -0.2) is 22.9 Å². The van der Waals surface area contributed by atoms with Crippen molar-refractivity contribution < 1.29 is 23.0 Å². The van der Waals surface area contributed by atoms with Crippen LogP contribution in [0.25, 0.3) is 11.3 Å². The summed E-state index contributed by atoms with van der Waals surface area (Å²) in [5.41, 5.74) is 1.72. The van der Waals surface area contributed by atoms with Crippen molar-refractivity contribution in [2.24, 2.45) is 0 Å². The lowest BCUT2D eigenvalue weighted by molar-refractivity contribution is 0.101. The molecular formula is C20H15F2N3O3. The number of rotatable bonds is 4. The van der Waals surface area contributed by atoms with E-state index in [0.717, 1.165) is 30.7 Å². The number of fused-ring (bicyclic) bond motifs is 1. The van der Waals surface area contributed by atoms with E-state index in [2.05, 4.69) is 15.5 Å². The summed E-state index contributed by atoms with van der Waals surface area (Å²) in [6.45, 7) is 0.142. The number of hydrogen-bond acceptors (Lipinski definition) is 4. The van der Waals surface area contributed by atoms with E-state index in [1.165, 1.54) is 6.07 Å². The van der Waals surface area contributed by atoms with Gasteiger partial charge in [0.15, 0.2) is 11.5 Å². The number of halogens is 2. The maximum atomic E-state index is 14.0. The zero-order valence-corrected chi connectivity index (χ0v) is 14.6. The molecule has 2 aliphatic rings. The van der Waals surface area contributed by atoms with E-state index in [-0.39, 0.29) is 12.7 Å². The van der Waals surface area contributed by atoms with Gasteiger partial charge in [-0.3, -0.25) is 9.89 Å². The van der Waals surface area contributed by atoms with Crippen molar-refractivity contribution in [1.82, 2.24) is 10.2 Å². The van der Waals surface area contributed by atoms with Crippen molar-refractivity contribution in [1.29, 1.82) is 0 Å². The van der Waals surface area contributed by atoms with Crippen LogP contribution < -0.4 is 14.8 Å². The third kappa shape index (κ3) is 2.77. The quantitative estimate of drug-likeness (QED) is 0.708. The molecule has 28 heavy (non-hydrogen) atoms. The lowest BCUT2D eigenvalue weighted by Gasteiger charge is -2.10. The first kappa shape index (κ1) is 16.7. The van der Waals surface area contributed by atoms with E-state index in [9.17, 15) is 13.6 Å². The van der Waals surface area contributed by atoms with E-state index in [1.54, 1.807) is 18.2 Å². The molecule has 8 heteroatoms. The van der Waals surface area contributed by atoms with Crippen LogP contribution in [0.2, 0.25) is 0 Å². The molecule has 2 aromatic carbocycles. The van der Waals surface area contributed by atoms with E-state index >= 15 is 0 Å². The van der Waals surface area contributed by atoms with Crippen LogP contribution in [0, 0.1) is 11.6 Å². The second-order valence-corrected chi connectivity index (χ2v) is 6.75. The summed E-state index contributed by atoms with van der Waals surface area (Å²) in [5.74, 6) is -1.26. The topological polar surface area (TPSA) is 76.2 Å². The van der Waals surface area contributed by atoms with Crippen LogP contribution in [0.5, 0.6) is 11.5 Å². The highest BCUT2D eigenvalue weighted by atomic mass is 19.1. The monoisotopic (exact) mass is 383 g/mol. The molecule has 0 radical (unpaired) electrons. The van der Waals surface area contributed by atoms with Crippen LogP contribution in [0.4, 0.5) is 14.5 Å². The molecule has 3 aromatic rings. The maximum absolute atomic E-state index is 14.0. The molecule has 0 spiro atoms. The minimum atomic E-state index is -0.918. The van der Waals surface area contributed by atoms with Crippen LogP contribution in [-0.2, 0) is 0 Å². The number of aromatic nitrogens is 2. The molecule has 2 N–H and O–H groups in total. The Morgan fingerprint density at radius 2 is 1.86 bits per heavy atom. The molecule has 6 nitrogen and oxygen atoms in total. The van der Waals surface area contributed by atoms with Gasteiger partial charge in [0.25, 0.3) is 5.91 Å². The SMILES string of the molecule is O=C(Nc1c(-c2ccc3c(c2)OCO3)n[nH]c1C1CC1)c1c(F)cccc1F. The number of nitrogens with one attached hydrogen (secondary N) is 2. The Kier molecular flexibility index (Phi) is 3.78. The number of nitrogens with zero attached hydrogens (tertiary/aromatic N) is 1. The molecule has 2 heterocycles. The van der Waals surface area contributed by atoms with E-state index in [1.807, 2.05) is 0 Å². The fourth-order valence-corrected chi connectivity index (χ4v) is 3.29. The van der Waals surface area contributed by atoms with Crippen LogP contribution in [0.3, 0.4) is 0 Å². The highest BCUT2D eigenvalue weighted by molar-refractivity contribution is 6.07. The Labute approximate surface area is 158 Å². The molecule has 1 aromatic heterocycles. The van der Waals surface area contributed by atoms with Gasteiger partial charge in [0.1, 0.15) is 22.9 Å². The Balaban J connectivity index is 1.55. The van der Waals surface area contributed by atoms with Crippen LogP contribution >= 0.6 is 0 Å². The standard InChI is InChI=1S/C20H15F2N3O3/c21-12-2-1-3-13(22)16(12)20(26)23-19-17(10-4-5-10)24-25-18(19)11-6-7-14-15(8-11)28-9-27-14/h1-3,6-8,10H,4-5,9H2,(H,23,26)(H,24,25). The van der Waals surface area contributed by atoms with Crippen molar-refractivity contribution in [2.45, 2.75) is 18.8 Å². The van der Waals surface area contributed by atoms with Crippen molar-refractivity contribution in [3.8, 4) is 22.8 Å². The van der Waals surface area contributed by atoms with Crippen LogP contribution in [0.15, 0.2) is 36.4 Å². The number of H-pyrrole nitrogens is 1. The van der Waals surface area contributed by atoms with Crippen molar-refractivity contribution in [3.05, 3.63) is 59.3 Å². The molecule has 1 aliphatic heterocycles. The highest BCUT2D eigenvalue weighted by Crippen LogP contribution is 2.46. The molecule has 1 aliphatic carbocycles. The van der Waals surface area contributed by atoms with Gasteiger partial charge in [0, 0.05) is 11.5 Å². The summed E-state index contributed by atoms with van der Waals surface area (Å²) in [5, 5.41) is 9.97. The molecular weight excluding hydrogens is 368 g/mol. The average Bonchev–Trinajstić information content (AvgIpc) is 3.26.